The fraction of sp³-hybridized carbons (Fsp3) is 0.500. The summed E-state index contributed by atoms with van der Waals surface area (Å²) in [7, 11) is 1.76. The number of hydrogen-bond donors (Lipinski definition) is 0. The molecule has 0 saturated heterocycles. The molecule has 1 atom stereocenters. The Morgan fingerprint density at radius 3 is 2.23 bits per heavy atom. The Balaban J connectivity index is 2.76. The van der Waals surface area contributed by atoms with Crippen LogP contribution in [0.4, 0.5) is 0 Å². The molecule has 0 heterocycles. The highest BCUT2D eigenvalue weighted by molar-refractivity contribution is 5.20. The predicted molar refractivity (Wildman–Crippen MR) is 55.9 cm³/mol. The number of hydrogen-bond acceptors (Lipinski definition) is 1. The average Bonchev–Trinajstić information content (AvgIpc) is 2.15. The largest absolute Gasteiger partial charge is 0.384 e. The molecule has 13 heavy (non-hydrogen) atoms. The van der Waals surface area contributed by atoms with Crippen LogP contribution in [0.15, 0.2) is 30.3 Å². The second-order valence-electron chi connectivity index (χ2n) is 3.72. The molecule has 1 rings (SSSR count). The van der Waals surface area contributed by atoms with Crippen molar-refractivity contribution in [3.05, 3.63) is 35.9 Å². The van der Waals surface area contributed by atoms with Crippen molar-refractivity contribution in [3.63, 3.8) is 0 Å². The van der Waals surface area contributed by atoms with Crippen molar-refractivity contribution < 1.29 is 4.74 Å². The number of rotatable bonds is 4. The van der Waals surface area contributed by atoms with Gasteiger partial charge in [0.2, 0.25) is 0 Å². The van der Waals surface area contributed by atoms with Crippen LogP contribution in [0.1, 0.15) is 25.3 Å². The third-order valence-electron chi connectivity index (χ3n) is 2.38. The van der Waals surface area contributed by atoms with Crippen LogP contribution in [0.2, 0.25) is 0 Å². The molecule has 0 N–H and O–H groups in total. The first kappa shape index (κ1) is 10.3. The highest BCUT2D eigenvalue weighted by Gasteiger charge is 2.14. The molecule has 1 nitrogen and oxygen atoms in total. The molecule has 0 aliphatic heterocycles. The fourth-order valence-corrected chi connectivity index (χ4v) is 1.55. The lowest BCUT2D eigenvalue weighted by Crippen LogP contribution is -2.12. The van der Waals surface area contributed by atoms with E-state index in [1.165, 1.54) is 5.56 Å². The highest BCUT2D eigenvalue weighted by Crippen LogP contribution is 2.23. The summed E-state index contributed by atoms with van der Waals surface area (Å²) >= 11 is 0. The maximum Gasteiger partial charge on any atom is 0.0533 e. The summed E-state index contributed by atoms with van der Waals surface area (Å²) in [4.78, 5) is 0. The lowest BCUT2D eigenvalue weighted by atomic mass is 9.89. The van der Waals surface area contributed by atoms with Gasteiger partial charge in [0.15, 0.2) is 0 Å². The Morgan fingerprint density at radius 1 is 1.15 bits per heavy atom. The lowest BCUT2D eigenvalue weighted by molar-refractivity contribution is 0.162. The molecule has 1 heteroatoms. The molecular formula is C12H18O. The quantitative estimate of drug-likeness (QED) is 0.688. The smallest absolute Gasteiger partial charge is 0.0533 e. The third-order valence-corrected chi connectivity index (χ3v) is 2.38. The molecule has 0 saturated carbocycles. The molecular weight excluding hydrogens is 160 g/mol. The monoisotopic (exact) mass is 178 g/mol. The minimum absolute atomic E-state index is 0.520. The van der Waals surface area contributed by atoms with Gasteiger partial charge in [0.05, 0.1) is 6.61 Å². The van der Waals surface area contributed by atoms with Gasteiger partial charge in [-0.15, -0.1) is 0 Å². The summed E-state index contributed by atoms with van der Waals surface area (Å²) in [5.41, 5.74) is 1.37. The van der Waals surface area contributed by atoms with E-state index in [4.69, 9.17) is 4.74 Å². The Kier molecular flexibility index (Phi) is 3.97. The van der Waals surface area contributed by atoms with Crippen molar-refractivity contribution in [3.8, 4) is 0 Å². The Morgan fingerprint density at radius 2 is 1.77 bits per heavy atom. The standard InChI is InChI=1S/C12H18O/c1-10(2)12(9-13-3)11-7-5-4-6-8-11/h4-8,10,12H,9H2,1-3H3/t12-/m0/s1. The van der Waals surface area contributed by atoms with E-state index in [1.54, 1.807) is 7.11 Å². The van der Waals surface area contributed by atoms with Gasteiger partial charge < -0.3 is 4.74 Å². The molecule has 0 unspecified atom stereocenters. The van der Waals surface area contributed by atoms with Crippen LogP contribution in [0, 0.1) is 5.92 Å². The summed E-state index contributed by atoms with van der Waals surface area (Å²) in [6, 6.07) is 10.6. The van der Waals surface area contributed by atoms with Crippen molar-refractivity contribution >= 4 is 0 Å². The molecule has 0 amide bonds. The van der Waals surface area contributed by atoms with Crippen molar-refractivity contribution in [1.29, 1.82) is 0 Å². The van der Waals surface area contributed by atoms with Gasteiger partial charge in [0.1, 0.15) is 0 Å². The van der Waals surface area contributed by atoms with Crippen molar-refractivity contribution in [2.24, 2.45) is 5.92 Å². The fourth-order valence-electron chi connectivity index (χ4n) is 1.55. The first-order valence-electron chi connectivity index (χ1n) is 4.79. The topological polar surface area (TPSA) is 9.23 Å². The highest BCUT2D eigenvalue weighted by atomic mass is 16.5. The van der Waals surface area contributed by atoms with Crippen molar-refractivity contribution in [2.75, 3.05) is 13.7 Å². The molecule has 0 aromatic heterocycles. The van der Waals surface area contributed by atoms with Gasteiger partial charge in [-0.1, -0.05) is 44.2 Å². The molecule has 0 aliphatic rings. The molecule has 0 bridgehead atoms. The van der Waals surface area contributed by atoms with Gasteiger partial charge >= 0.3 is 0 Å². The van der Waals surface area contributed by atoms with E-state index in [2.05, 4.69) is 38.1 Å². The van der Waals surface area contributed by atoms with Crippen LogP contribution in [-0.4, -0.2) is 13.7 Å². The third kappa shape index (κ3) is 2.85. The van der Waals surface area contributed by atoms with Gasteiger partial charge in [-0.05, 0) is 11.5 Å². The average molecular weight is 178 g/mol. The molecule has 0 aliphatic carbocycles. The SMILES string of the molecule is COC[C@H](c1ccccc1)C(C)C. The molecule has 0 spiro atoms. The van der Waals surface area contributed by atoms with E-state index in [0.29, 0.717) is 11.8 Å². The first-order valence-corrected chi connectivity index (χ1v) is 4.79. The first-order chi connectivity index (χ1) is 6.25. The van der Waals surface area contributed by atoms with E-state index in [1.807, 2.05) is 6.07 Å². The molecule has 0 fully saturated rings. The van der Waals surface area contributed by atoms with Gasteiger partial charge in [-0.3, -0.25) is 0 Å². The van der Waals surface area contributed by atoms with Gasteiger partial charge in [0, 0.05) is 13.0 Å². The molecule has 1 aromatic rings. The predicted octanol–water partition coefficient (Wildman–Crippen LogP) is 3.07. The van der Waals surface area contributed by atoms with Crippen molar-refractivity contribution in [2.45, 2.75) is 19.8 Å². The summed E-state index contributed by atoms with van der Waals surface area (Å²) < 4.78 is 5.22. The van der Waals surface area contributed by atoms with E-state index in [9.17, 15) is 0 Å². The van der Waals surface area contributed by atoms with Gasteiger partial charge in [0.25, 0.3) is 0 Å². The van der Waals surface area contributed by atoms with Crippen LogP contribution in [0.25, 0.3) is 0 Å². The van der Waals surface area contributed by atoms with Gasteiger partial charge in [-0.25, -0.2) is 0 Å². The maximum absolute atomic E-state index is 5.22. The minimum atomic E-state index is 0.520. The summed E-state index contributed by atoms with van der Waals surface area (Å²) in [5.74, 6) is 1.15. The second kappa shape index (κ2) is 5.03. The number of benzene rings is 1. The minimum Gasteiger partial charge on any atom is -0.384 e. The van der Waals surface area contributed by atoms with Crippen LogP contribution in [-0.2, 0) is 4.74 Å². The van der Waals surface area contributed by atoms with E-state index >= 15 is 0 Å². The second-order valence-corrected chi connectivity index (χ2v) is 3.72. The van der Waals surface area contributed by atoms with Crippen LogP contribution in [0.3, 0.4) is 0 Å². The zero-order valence-electron chi connectivity index (χ0n) is 8.66. The normalized spacial score (nSPS) is 13.2. The Bertz CT molecular complexity index is 228. The molecule has 72 valence electrons. The Labute approximate surface area is 80.7 Å². The van der Waals surface area contributed by atoms with Crippen LogP contribution >= 0.6 is 0 Å². The maximum atomic E-state index is 5.22. The van der Waals surface area contributed by atoms with Crippen LogP contribution < -0.4 is 0 Å². The zero-order chi connectivity index (χ0) is 9.68. The van der Waals surface area contributed by atoms with Crippen molar-refractivity contribution in [1.82, 2.24) is 0 Å². The lowest BCUT2D eigenvalue weighted by Gasteiger charge is -2.20. The zero-order valence-corrected chi connectivity index (χ0v) is 8.66. The van der Waals surface area contributed by atoms with Crippen LogP contribution in [0.5, 0.6) is 0 Å². The van der Waals surface area contributed by atoms with E-state index in [0.717, 1.165) is 6.61 Å². The number of ether oxygens (including phenoxy) is 1. The van der Waals surface area contributed by atoms with Gasteiger partial charge in [-0.2, -0.15) is 0 Å². The summed E-state index contributed by atoms with van der Waals surface area (Å²) in [5, 5.41) is 0. The Hall–Kier alpha value is -0.820. The summed E-state index contributed by atoms with van der Waals surface area (Å²) in [6.07, 6.45) is 0. The molecule has 1 aromatic carbocycles. The van der Waals surface area contributed by atoms with E-state index in [-0.39, 0.29) is 0 Å². The summed E-state index contributed by atoms with van der Waals surface area (Å²) in [6.45, 7) is 5.27. The number of methoxy groups -OCH3 is 1. The molecule has 0 radical (unpaired) electrons. The van der Waals surface area contributed by atoms with E-state index < -0.39 is 0 Å².